The van der Waals surface area contributed by atoms with Crippen molar-refractivity contribution in [1.82, 2.24) is 4.90 Å². The van der Waals surface area contributed by atoms with E-state index in [4.69, 9.17) is 0 Å². The van der Waals surface area contributed by atoms with Crippen LogP contribution in [-0.2, 0) is 4.79 Å². The van der Waals surface area contributed by atoms with Crippen molar-refractivity contribution in [2.45, 2.75) is 66.7 Å². The van der Waals surface area contributed by atoms with Crippen LogP contribution in [0.1, 0.15) is 48.5 Å². The molecule has 3 nitrogen and oxygen atoms in total. The van der Waals surface area contributed by atoms with Gasteiger partial charge < -0.3 is 10.0 Å². The predicted molar refractivity (Wildman–Crippen MR) is 67.1 cm³/mol. The molecule has 3 atom stereocenters. The Labute approximate surface area is 99.8 Å². The molecule has 0 aromatic carbocycles. The SMILES string of the molecule is CC(C)N(C(=O)[C@H](C)[C@H](C)[C@H](C)O)C(C)C. The summed E-state index contributed by atoms with van der Waals surface area (Å²) < 4.78 is 0. The molecule has 0 fully saturated rings. The third kappa shape index (κ3) is 3.78. The second-order valence-electron chi connectivity index (χ2n) is 5.32. The van der Waals surface area contributed by atoms with Crippen LogP contribution in [0.3, 0.4) is 0 Å². The van der Waals surface area contributed by atoms with Gasteiger partial charge in [0, 0.05) is 18.0 Å². The Morgan fingerprint density at radius 1 is 0.938 bits per heavy atom. The fourth-order valence-corrected chi connectivity index (χ4v) is 1.98. The molecule has 0 aromatic rings. The van der Waals surface area contributed by atoms with E-state index >= 15 is 0 Å². The largest absolute Gasteiger partial charge is 0.393 e. The van der Waals surface area contributed by atoms with Crippen molar-refractivity contribution in [3.63, 3.8) is 0 Å². The molecule has 1 N–H and O–H groups in total. The molecule has 96 valence electrons. The van der Waals surface area contributed by atoms with Crippen molar-refractivity contribution in [2.75, 3.05) is 0 Å². The van der Waals surface area contributed by atoms with Crippen molar-refractivity contribution >= 4 is 5.91 Å². The molecule has 0 unspecified atom stereocenters. The van der Waals surface area contributed by atoms with Crippen LogP contribution in [0.5, 0.6) is 0 Å². The van der Waals surface area contributed by atoms with Gasteiger partial charge in [-0.2, -0.15) is 0 Å². The first-order chi connectivity index (χ1) is 7.20. The van der Waals surface area contributed by atoms with E-state index in [0.717, 1.165) is 0 Å². The number of nitrogens with zero attached hydrogens (tertiary/aromatic N) is 1. The van der Waals surface area contributed by atoms with E-state index < -0.39 is 6.10 Å². The number of aliphatic hydroxyl groups excluding tert-OH is 1. The first-order valence-electron chi connectivity index (χ1n) is 6.20. The molecule has 0 aliphatic heterocycles. The molecule has 0 saturated heterocycles. The molecule has 16 heavy (non-hydrogen) atoms. The highest BCUT2D eigenvalue weighted by Gasteiger charge is 2.30. The standard InChI is InChI=1S/C13H27NO2/c1-8(2)14(9(3)4)13(16)11(6)10(5)12(7)15/h8-12,15H,1-7H3/t10-,11+,12-/m0/s1. The molecule has 3 heteroatoms. The topological polar surface area (TPSA) is 40.5 Å². The highest BCUT2D eigenvalue weighted by molar-refractivity contribution is 5.79. The predicted octanol–water partition coefficient (Wildman–Crippen LogP) is 2.28. The highest BCUT2D eigenvalue weighted by atomic mass is 16.3. The summed E-state index contributed by atoms with van der Waals surface area (Å²) >= 11 is 0. The van der Waals surface area contributed by atoms with Crippen molar-refractivity contribution in [3.05, 3.63) is 0 Å². The smallest absolute Gasteiger partial charge is 0.226 e. The van der Waals surface area contributed by atoms with Crippen molar-refractivity contribution in [1.29, 1.82) is 0 Å². The third-order valence-corrected chi connectivity index (χ3v) is 3.31. The number of amides is 1. The average molecular weight is 229 g/mol. The lowest BCUT2D eigenvalue weighted by Gasteiger charge is -2.35. The Balaban J connectivity index is 4.75. The molecule has 0 radical (unpaired) electrons. The van der Waals surface area contributed by atoms with Gasteiger partial charge in [-0.25, -0.2) is 0 Å². The monoisotopic (exact) mass is 229 g/mol. The zero-order valence-electron chi connectivity index (χ0n) is 11.7. The lowest BCUT2D eigenvalue weighted by Crippen LogP contribution is -2.46. The van der Waals surface area contributed by atoms with Crippen LogP contribution in [0, 0.1) is 11.8 Å². The molecule has 0 aromatic heterocycles. The maximum atomic E-state index is 12.3. The molecule has 0 rings (SSSR count). The summed E-state index contributed by atoms with van der Waals surface area (Å²) in [5.74, 6) is -0.00398. The van der Waals surface area contributed by atoms with Gasteiger partial charge in [-0.15, -0.1) is 0 Å². The van der Waals surface area contributed by atoms with Gasteiger partial charge in [0.05, 0.1) is 6.10 Å². The Hall–Kier alpha value is -0.570. The first kappa shape index (κ1) is 15.4. The molecule has 0 heterocycles. The number of hydrogen-bond acceptors (Lipinski definition) is 2. The average Bonchev–Trinajstić information content (AvgIpc) is 2.13. The van der Waals surface area contributed by atoms with Crippen LogP contribution in [0.2, 0.25) is 0 Å². The van der Waals surface area contributed by atoms with Crippen LogP contribution < -0.4 is 0 Å². The van der Waals surface area contributed by atoms with Crippen molar-refractivity contribution in [2.24, 2.45) is 11.8 Å². The molecule has 0 aliphatic rings. The summed E-state index contributed by atoms with van der Waals surface area (Å²) in [6, 6.07) is 0.410. The minimum absolute atomic E-state index is 0.00694. The summed E-state index contributed by atoms with van der Waals surface area (Å²) in [6.07, 6.45) is -0.444. The number of rotatable bonds is 5. The van der Waals surface area contributed by atoms with Gasteiger partial charge in [0.2, 0.25) is 5.91 Å². The number of carbonyl (C=O) groups excluding carboxylic acids is 1. The van der Waals surface area contributed by atoms with E-state index in [0.29, 0.717) is 0 Å². The lowest BCUT2D eigenvalue weighted by atomic mass is 9.89. The van der Waals surface area contributed by atoms with Gasteiger partial charge in [-0.3, -0.25) is 4.79 Å². The quantitative estimate of drug-likeness (QED) is 0.785. The first-order valence-corrected chi connectivity index (χ1v) is 6.20. The Bertz CT molecular complexity index is 216. The zero-order valence-corrected chi connectivity index (χ0v) is 11.7. The number of hydrogen-bond donors (Lipinski definition) is 1. The van der Waals surface area contributed by atoms with Crippen LogP contribution in [0.25, 0.3) is 0 Å². The van der Waals surface area contributed by atoms with E-state index in [2.05, 4.69) is 0 Å². The van der Waals surface area contributed by atoms with Crippen LogP contribution in [0.4, 0.5) is 0 Å². The molecular formula is C13H27NO2. The third-order valence-electron chi connectivity index (χ3n) is 3.31. The van der Waals surface area contributed by atoms with Crippen LogP contribution in [0.15, 0.2) is 0 Å². The fraction of sp³-hybridized carbons (Fsp3) is 0.923. The number of carbonyl (C=O) groups is 1. The summed E-state index contributed by atoms with van der Waals surface area (Å²) in [6.45, 7) is 13.7. The summed E-state index contributed by atoms with van der Waals surface area (Å²) in [4.78, 5) is 14.2. The van der Waals surface area contributed by atoms with E-state index in [1.54, 1.807) is 6.92 Å². The summed E-state index contributed by atoms with van der Waals surface area (Å²) in [7, 11) is 0. The maximum Gasteiger partial charge on any atom is 0.226 e. The molecule has 0 spiro atoms. The van der Waals surface area contributed by atoms with Gasteiger partial charge in [0.1, 0.15) is 0 Å². The van der Waals surface area contributed by atoms with E-state index in [9.17, 15) is 9.90 Å². The van der Waals surface area contributed by atoms with E-state index in [-0.39, 0.29) is 29.8 Å². The highest BCUT2D eigenvalue weighted by Crippen LogP contribution is 2.20. The van der Waals surface area contributed by atoms with Gasteiger partial charge in [0.15, 0.2) is 0 Å². The Morgan fingerprint density at radius 2 is 1.31 bits per heavy atom. The van der Waals surface area contributed by atoms with Gasteiger partial charge in [0.25, 0.3) is 0 Å². The van der Waals surface area contributed by atoms with Crippen LogP contribution in [-0.4, -0.2) is 34.1 Å². The molecular weight excluding hydrogens is 202 g/mol. The molecule has 0 saturated carbocycles. The second kappa shape index (κ2) is 6.24. The van der Waals surface area contributed by atoms with Gasteiger partial charge in [-0.1, -0.05) is 13.8 Å². The Morgan fingerprint density at radius 3 is 1.56 bits per heavy atom. The minimum Gasteiger partial charge on any atom is -0.393 e. The summed E-state index contributed by atoms with van der Waals surface area (Å²) in [5.41, 5.74) is 0. The zero-order chi connectivity index (χ0) is 13.0. The fourth-order valence-electron chi connectivity index (χ4n) is 1.98. The van der Waals surface area contributed by atoms with E-state index in [1.807, 2.05) is 46.4 Å². The van der Waals surface area contributed by atoms with E-state index in [1.165, 1.54) is 0 Å². The lowest BCUT2D eigenvalue weighted by molar-refractivity contribution is -0.141. The van der Waals surface area contributed by atoms with Gasteiger partial charge in [-0.05, 0) is 40.5 Å². The maximum absolute atomic E-state index is 12.3. The minimum atomic E-state index is -0.444. The molecule has 1 amide bonds. The molecule has 0 aliphatic carbocycles. The van der Waals surface area contributed by atoms with Gasteiger partial charge >= 0.3 is 0 Å². The van der Waals surface area contributed by atoms with Crippen molar-refractivity contribution < 1.29 is 9.90 Å². The van der Waals surface area contributed by atoms with Crippen LogP contribution >= 0.6 is 0 Å². The number of aliphatic hydroxyl groups is 1. The Kier molecular flexibility index (Phi) is 6.01. The second-order valence-corrected chi connectivity index (χ2v) is 5.32. The summed E-state index contributed by atoms with van der Waals surface area (Å²) in [5, 5.41) is 9.53. The van der Waals surface area contributed by atoms with Crippen molar-refractivity contribution in [3.8, 4) is 0 Å². The molecule has 0 bridgehead atoms. The normalized spacial score (nSPS) is 17.4.